The van der Waals surface area contributed by atoms with Gasteiger partial charge in [-0.15, -0.1) is 0 Å². The number of hydrazone groups is 1. The summed E-state index contributed by atoms with van der Waals surface area (Å²) in [5, 5.41) is 6.64. The van der Waals surface area contributed by atoms with Crippen LogP contribution in [0.3, 0.4) is 0 Å². The van der Waals surface area contributed by atoms with Crippen LogP contribution in [-0.2, 0) is 9.84 Å². The van der Waals surface area contributed by atoms with Gasteiger partial charge in [0.15, 0.2) is 9.84 Å². The lowest BCUT2D eigenvalue weighted by Gasteiger charge is -2.11. The summed E-state index contributed by atoms with van der Waals surface area (Å²) in [4.78, 5) is 11.5. The van der Waals surface area contributed by atoms with Crippen LogP contribution in [0.2, 0.25) is 0 Å². The molecule has 7 heteroatoms. The SMILES string of the molecule is CCC(=NNC(=O)NC1CCS(=O)(=O)C1)C(C)C. The Labute approximate surface area is 108 Å². The Morgan fingerprint density at radius 2 is 2.11 bits per heavy atom. The number of nitrogens with zero attached hydrogens (tertiary/aromatic N) is 1. The highest BCUT2D eigenvalue weighted by atomic mass is 32.2. The number of carbonyl (C=O) groups is 1. The predicted molar refractivity (Wildman–Crippen MR) is 71.3 cm³/mol. The highest BCUT2D eigenvalue weighted by Crippen LogP contribution is 2.10. The van der Waals surface area contributed by atoms with Crippen molar-refractivity contribution in [1.29, 1.82) is 0 Å². The molecule has 6 nitrogen and oxygen atoms in total. The van der Waals surface area contributed by atoms with Crippen molar-refractivity contribution in [2.75, 3.05) is 11.5 Å². The Morgan fingerprint density at radius 3 is 2.56 bits per heavy atom. The standard InChI is InChI=1S/C11H21N3O3S/c1-4-10(8(2)3)13-14-11(15)12-9-5-6-18(16,17)7-9/h8-9H,4-7H2,1-3H3,(H2,12,14,15). The molecule has 0 aromatic heterocycles. The lowest BCUT2D eigenvalue weighted by Crippen LogP contribution is -2.41. The van der Waals surface area contributed by atoms with E-state index in [4.69, 9.17) is 0 Å². The third kappa shape index (κ3) is 4.64. The van der Waals surface area contributed by atoms with Crippen molar-refractivity contribution in [2.24, 2.45) is 11.0 Å². The number of nitrogens with one attached hydrogen (secondary N) is 2. The molecule has 2 amide bonds. The molecule has 1 fully saturated rings. The molecule has 0 aromatic rings. The van der Waals surface area contributed by atoms with Gasteiger partial charge in [0.2, 0.25) is 0 Å². The minimum atomic E-state index is -2.97. The van der Waals surface area contributed by atoms with Crippen molar-refractivity contribution >= 4 is 21.6 Å². The van der Waals surface area contributed by atoms with Crippen LogP contribution in [0.25, 0.3) is 0 Å². The maximum Gasteiger partial charge on any atom is 0.335 e. The van der Waals surface area contributed by atoms with Crippen LogP contribution in [-0.4, -0.2) is 37.7 Å². The minimum absolute atomic E-state index is 0.0228. The maximum atomic E-state index is 11.5. The van der Waals surface area contributed by atoms with Crippen LogP contribution in [0.15, 0.2) is 5.10 Å². The van der Waals surface area contributed by atoms with Crippen molar-refractivity contribution in [3.63, 3.8) is 0 Å². The number of amides is 2. The van der Waals surface area contributed by atoms with Crippen LogP contribution in [0, 0.1) is 5.92 Å². The van der Waals surface area contributed by atoms with E-state index in [1.54, 1.807) is 0 Å². The van der Waals surface area contributed by atoms with E-state index in [9.17, 15) is 13.2 Å². The number of hydrogen-bond donors (Lipinski definition) is 2. The second kappa shape index (κ2) is 6.17. The van der Waals surface area contributed by atoms with Gasteiger partial charge < -0.3 is 5.32 Å². The molecular formula is C11H21N3O3S. The van der Waals surface area contributed by atoms with Gasteiger partial charge >= 0.3 is 6.03 Å². The summed E-state index contributed by atoms with van der Waals surface area (Å²) in [6, 6.07) is -0.738. The molecule has 1 rings (SSSR count). The van der Waals surface area contributed by atoms with Crippen LogP contribution < -0.4 is 10.7 Å². The van der Waals surface area contributed by atoms with Gasteiger partial charge in [-0.05, 0) is 18.8 Å². The first-order valence-corrected chi connectivity index (χ1v) is 7.99. The second-order valence-electron chi connectivity index (χ2n) is 4.80. The van der Waals surface area contributed by atoms with Gasteiger partial charge in [0.25, 0.3) is 0 Å². The van der Waals surface area contributed by atoms with E-state index in [2.05, 4.69) is 15.8 Å². The van der Waals surface area contributed by atoms with Gasteiger partial charge in [-0.2, -0.15) is 5.10 Å². The zero-order chi connectivity index (χ0) is 13.8. The molecule has 0 aliphatic carbocycles. The fourth-order valence-corrected chi connectivity index (χ4v) is 3.54. The van der Waals surface area contributed by atoms with Gasteiger partial charge in [-0.25, -0.2) is 18.6 Å². The number of sulfone groups is 1. The predicted octanol–water partition coefficient (Wildman–Crippen LogP) is 0.895. The number of rotatable bonds is 4. The van der Waals surface area contributed by atoms with E-state index >= 15 is 0 Å². The Kier molecular flexibility index (Phi) is 5.13. The smallest absolute Gasteiger partial charge is 0.333 e. The summed E-state index contributed by atoms with van der Waals surface area (Å²) < 4.78 is 22.4. The van der Waals surface area contributed by atoms with E-state index < -0.39 is 15.9 Å². The van der Waals surface area contributed by atoms with Crippen molar-refractivity contribution in [2.45, 2.75) is 39.7 Å². The average molecular weight is 275 g/mol. The van der Waals surface area contributed by atoms with Crippen molar-refractivity contribution in [3.8, 4) is 0 Å². The molecule has 1 unspecified atom stereocenters. The van der Waals surface area contributed by atoms with E-state index in [0.29, 0.717) is 6.42 Å². The van der Waals surface area contributed by atoms with Crippen LogP contribution in [0.1, 0.15) is 33.6 Å². The molecule has 1 saturated heterocycles. The molecule has 0 aromatic carbocycles. The van der Waals surface area contributed by atoms with Gasteiger partial charge in [0.05, 0.1) is 11.5 Å². The summed E-state index contributed by atoms with van der Waals surface area (Å²) in [5.41, 5.74) is 3.32. The average Bonchev–Trinajstić information content (AvgIpc) is 2.58. The summed E-state index contributed by atoms with van der Waals surface area (Å²) in [6.07, 6.45) is 1.25. The summed E-state index contributed by atoms with van der Waals surface area (Å²) >= 11 is 0. The molecular weight excluding hydrogens is 254 g/mol. The van der Waals surface area contributed by atoms with Gasteiger partial charge in [-0.3, -0.25) is 0 Å². The molecule has 1 atom stereocenters. The van der Waals surface area contributed by atoms with Crippen LogP contribution in [0.4, 0.5) is 4.79 Å². The van der Waals surface area contributed by atoms with Crippen molar-refractivity contribution in [3.05, 3.63) is 0 Å². The van der Waals surface area contributed by atoms with Gasteiger partial charge in [0, 0.05) is 11.8 Å². The molecule has 0 spiro atoms. The largest absolute Gasteiger partial charge is 0.335 e. The lowest BCUT2D eigenvalue weighted by atomic mass is 10.1. The lowest BCUT2D eigenvalue weighted by molar-refractivity contribution is 0.238. The quantitative estimate of drug-likeness (QED) is 0.590. The molecule has 1 aliphatic rings. The third-order valence-corrected chi connectivity index (χ3v) is 4.67. The highest BCUT2D eigenvalue weighted by molar-refractivity contribution is 7.91. The van der Waals surface area contributed by atoms with E-state index in [1.807, 2.05) is 20.8 Å². The molecule has 0 radical (unpaired) electrons. The topological polar surface area (TPSA) is 87.6 Å². The first-order valence-electron chi connectivity index (χ1n) is 6.17. The summed E-state index contributed by atoms with van der Waals surface area (Å²) in [5.74, 6) is 0.449. The molecule has 104 valence electrons. The molecule has 1 aliphatic heterocycles. The van der Waals surface area contributed by atoms with Gasteiger partial charge in [-0.1, -0.05) is 20.8 Å². The third-order valence-electron chi connectivity index (χ3n) is 2.90. The van der Waals surface area contributed by atoms with Crippen molar-refractivity contribution in [1.82, 2.24) is 10.7 Å². The Hall–Kier alpha value is -1.11. The zero-order valence-corrected chi connectivity index (χ0v) is 11.9. The Balaban J connectivity index is 2.43. The van der Waals surface area contributed by atoms with Crippen LogP contribution in [0.5, 0.6) is 0 Å². The molecule has 2 N–H and O–H groups in total. The molecule has 0 saturated carbocycles. The number of hydrogen-bond acceptors (Lipinski definition) is 4. The molecule has 1 heterocycles. The zero-order valence-electron chi connectivity index (χ0n) is 11.1. The van der Waals surface area contributed by atoms with Gasteiger partial charge in [0.1, 0.15) is 0 Å². The highest BCUT2D eigenvalue weighted by Gasteiger charge is 2.28. The molecule has 0 bridgehead atoms. The normalized spacial score (nSPS) is 23.1. The van der Waals surface area contributed by atoms with E-state index in [1.165, 1.54) is 0 Å². The Bertz CT molecular complexity index is 429. The summed E-state index contributed by atoms with van der Waals surface area (Å²) in [7, 11) is -2.97. The first-order chi connectivity index (χ1) is 8.34. The first kappa shape index (κ1) is 14.9. The Morgan fingerprint density at radius 1 is 1.44 bits per heavy atom. The van der Waals surface area contributed by atoms with E-state index in [-0.39, 0.29) is 23.5 Å². The van der Waals surface area contributed by atoms with E-state index in [0.717, 1.165) is 12.1 Å². The monoisotopic (exact) mass is 275 g/mol. The maximum absolute atomic E-state index is 11.5. The minimum Gasteiger partial charge on any atom is -0.333 e. The van der Waals surface area contributed by atoms with Crippen LogP contribution >= 0.6 is 0 Å². The number of urea groups is 1. The fourth-order valence-electron chi connectivity index (χ4n) is 1.87. The fraction of sp³-hybridized carbons (Fsp3) is 0.818. The second-order valence-corrected chi connectivity index (χ2v) is 7.03. The number of carbonyl (C=O) groups excluding carboxylic acids is 1. The summed E-state index contributed by atoms with van der Waals surface area (Å²) in [6.45, 7) is 5.99. The molecule has 18 heavy (non-hydrogen) atoms. The van der Waals surface area contributed by atoms with Crippen molar-refractivity contribution < 1.29 is 13.2 Å².